The molecular formula is C23H19ClFN5O2. The maximum atomic E-state index is 14.8. The molecular weight excluding hydrogens is 433 g/mol. The third kappa shape index (κ3) is 4.63. The van der Waals surface area contributed by atoms with E-state index in [-0.39, 0.29) is 30.4 Å². The van der Waals surface area contributed by atoms with Crippen molar-refractivity contribution in [3.8, 4) is 11.8 Å². The molecule has 0 aliphatic carbocycles. The van der Waals surface area contributed by atoms with E-state index in [1.807, 2.05) is 36.4 Å². The lowest BCUT2D eigenvalue weighted by Gasteiger charge is -2.42. The number of hydrogen-bond donors (Lipinski definition) is 1. The zero-order chi connectivity index (χ0) is 22.7. The SMILES string of the molecule is Cc1cc(C#Cc2ccccc2)cnc1NC(=O)c1c(Cl)cnn1CC1(F)CN(C=O)C1. The van der Waals surface area contributed by atoms with Crippen LogP contribution in [0, 0.1) is 18.8 Å². The molecule has 162 valence electrons. The van der Waals surface area contributed by atoms with Gasteiger partial charge in [0.25, 0.3) is 5.91 Å². The second-order valence-corrected chi connectivity index (χ2v) is 8.03. The first-order valence-corrected chi connectivity index (χ1v) is 10.2. The summed E-state index contributed by atoms with van der Waals surface area (Å²) in [5, 5.41) is 6.83. The lowest BCUT2D eigenvalue weighted by atomic mass is 9.97. The van der Waals surface area contributed by atoms with Gasteiger partial charge in [0.1, 0.15) is 11.5 Å². The van der Waals surface area contributed by atoms with E-state index in [4.69, 9.17) is 11.6 Å². The second-order valence-electron chi connectivity index (χ2n) is 7.62. The molecule has 3 aromatic rings. The van der Waals surface area contributed by atoms with Gasteiger partial charge in [-0.3, -0.25) is 14.3 Å². The number of alkyl halides is 1. The molecule has 0 atom stereocenters. The van der Waals surface area contributed by atoms with E-state index in [1.165, 1.54) is 15.8 Å². The molecule has 0 unspecified atom stereocenters. The first-order chi connectivity index (χ1) is 15.4. The third-order valence-corrected chi connectivity index (χ3v) is 5.28. The summed E-state index contributed by atoms with van der Waals surface area (Å²) in [6.07, 6.45) is 3.44. The lowest BCUT2D eigenvalue weighted by Crippen LogP contribution is -2.60. The fourth-order valence-electron chi connectivity index (χ4n) is 3.44. The summed E-state index contributed by atoms with van der Waals surface area (Å²) < 4.78 is 16.0. The number of carbonyl (C=O) groups excluding carboxylic acids is 2. The Morgan fingerprint density at radius 2 is 1.97 bits per heavy atom. The Bertz CT molecular complexity index is 1230. The van der Waals surface area contributed by atoms with Crippen LogP contribution >= 0.6 is 11.6 Å². The predicted molar refractivity (Wildman–Crippen MR) is 118 cm³/mol. The molecule has 1 fully saturated rings. The number of benzene rings is 1. The van der Waals surface area contributed by atoms with E-state index in [2.05, 4.69) is 27.2 Å². The van der Waals surface area contributed by atoms with Crippen molar-refractivity contribution >= 4 is 29.7 Å². The van der Waals surface area contributed by atoms with Crippen LogP contribution in [0.1, 0.15) is 27.2 Å². The van der Waals surface area contributed by atoms with Crippen molar-refractivity contribution in [1.82, 2.24) is 19.7 Å². The molecule has 1 aliphatic rings. The number of carbonyl (C=O) groups is 2. The Hall–Kier alpha value is -3.70. The molecule has 3 heterocycles. The summed E-state index contributed by atoms with van der Waals surface area (Å²) in [5.41, 5.74) is 0.680. The molecule has 0 bridgehead atoms. The molecule has 9 heteroatoms. The molecule has 0 saturated carbocycles. The fourth-order valence-corrected chi connectivity index (χ4v) is 3.67. The predicted octanol–water partition coefficient (Wildman–Crippen LogP) is 3.07. The molecule has 32 heavy (non-hydrogen) atoms. The van der Waals surface area contributed by atoms with Crippen LogP contribution in [0.15, 0.2) is 48.8 Å². The number of pyridine rings is 1. The summed E-state index contributed by atoms with van der Waals surface area (Å²) in [5.74, 6) is 5.89. The minimum absolute atomic E-state index is 0.0300. The first-order valence-electron chi connectivity index (χ1n) is 9.81. The van der Waals surface area contributed by atoms with Gasteiger partial charge >= 0.3 is 0 Å². The van der Waals surface area contributed by atoms with E-state index < -0.39 is 11.6 Å². The van der Waals surface area contributed by atoms with Crippen molar-refractivity contribution in [2.45, 2.75) is 19.1 Å². The van der Waals surface area contributed by atoms with Crippen molar-refractivity contribution in [1.29, 1.82) is 0 Å². The van der Waals surface area contributed by atoms with E-state index in [9.17, 15) is 14.0 Å². The van der Waals surface area contributed by atoms with Crippen LogP contribution in [0.5, 0.6) is 0 Å². The normalized spacial score (nSPS) is 14.2. The van der Waals surface area contributed by atoms with E-state index in [1.54, 1.807) is 13.1 Å². The molecule has 1 aromatic carbocycles. The van der Waals surface area contributed by atoms with Crippen LogP contribution in [0.4, 0.5) is 10.2 Å². The lowest BCUT2D eigenvalue weighted by molar-refractivity contribution is -0.132. The number of hydrogen-bond acceptors (Lipinski definition) is 4. The molecule has 2 aromatic heterocycles. The number of nitrogens with zero attached hydrogens (tertiary/aromatic N) is 4. The molecule has 1 saturated heterocycles. The van der Waals surface area contributed by atoms with E-state index in [0.29, 0.717) is 23.4 Å². The van der Waals surface area contributed by atoms with Crippen LogP contribution in [-0.2, 0) is 11.3 Å². The van der Waals surface area contributed by atoms with Gasteiger partial charge < -0.3 is 10.2 Å². The minimum atomic E-state index is -1.65. The van der Waals surface area contributed by atoms with Gasteiger partial charge in [-0.15, -0.1) is 0 Å². The molecule has 1 aliphatic heterocycles. The Morgan fingerprint density at radius 1 is 1.25 bits per heavy atom. The van der Waals surface area contributed by atoms with Crippen molar-refractivity contribution in [2.24, 2.45) is 0 Å². The standard InChI is InChI=1S/C23H19ClFN5O2/c1-16-9-18(8-7-17-5-3-2-4-6-17)10-26-21(16)28-22(32)20-19(24)11-27-30(20)14-23(25)12-29(13-23)15-31/h2-6,9-11,15H,12-14H2,1H3,(H,26,28,32). The number of aromatic nitrogens is 3. The summed E-state index contributed by atoms with van der Waals surface area (Å²) in [7, 11) is 0. The van der Waals surface area contributed by atoms with Crippen molar-refractivity contribution < 1.29 is 14.0 Å². The van der Waals surface area contributed by atoms with Gasteiger partial charge in [-0.05, 0) is 30.7 Å². The fraction of sp³-hybridized carbons (Fsp3) is 0.217. The van der Waals surface area contributed by atoms with E-state index in [0.717, 1.165) is 5.56 Å². The second kappa shape index (κ2) is 8.81. The number of nitrogens with one attached hydrogen (secondary N) is 1. The molecule has 1 N–H and O–H groups in total. The van der Waals surface area contributed by atoms with Crippen LogP contribution in [0.3, 0.4) is 0 Å². The molecule has 4 rings (SSSR count). The highest BCUT2D eigenvalue weighted by molar-refractivity contribution is 6.34. The third-order valence-electron chi connectivity index (χ3n) is 5.00. The largest absolute Gasteiger partial charge is 0.339 e. The summed E-state index contributed by atoms with van der Waals surface area (Å²) in [6, 6.07) is 11.4. The van der Waals surface area contributed by atoms with E-state index >= 15 is 0 Å². The number of likely N-dealkylation sites (tertiary alicyclic amines) is 1. The summed E-state index contributed by atoms with van der Waals surface area (Å²) >= 11 is 6.14. The maximum absolute atomic E-state index is 14.8. The van der Waals surface area contributed by atoms with Gasteiger partial charge in [0, 0.05) is 17.3 Å². The number of anilines is 1. The number of amides is 2. The summed E-state index contributed by atoms with van der Waals surface area (Å²) in [4.78, 5) is 29.2. The first kappa shape index (κ1) is 21.5. The van der Waals surface area contributed by atoms with Crippen LogP contribution in [-0.4, -0.2) is 50.7 Å². The Morgan fingerprint density at radius 3 is 2.66 bits per heavy atom. The Kier molecular flexibility index (Phi) is 5.93. The molecule has 7 nitrogen and oxygen atoms in total. The maximum Gasteiger partial charge on any atom is 0.276 e. The minimum Gasteiger partial charge on any atom is -0.339 e. The molecule has 0 radical (unpaired) electrons. The Balaban J connectivity index is 1.48. The Labute approximate surface area is 189 Å². The van der Waals surface area contributed by atoms with Gasteiger partial charge in [0.15, 0.2) is 5.67 Å². The van der Waals surface area contributed by atoms with Gasteiger partial charge in [-0.25, -0.2) is 9.37 Å². The zero-order valence-electron chi connectivity index (χ0n) is 17.2. The average Bonchev–Trinajstić information content (AvgIpc) is 3.12. The van der Waals surface area contributed by atoms with Gasteiger partial charge in [-0.1, -0.05) is 41.6 Å². The highest BCUT2D eigenvalue weighted by Crippen LogP contribution is 2.28. The van der Waals surface area contributed by atoms with Gasteiger partial charge in [0.05, 0.1) is 30.9 Å². The number of rotatable bonds is 5. The van der Waals surface area contributed by atoms with Crippen molar-refractivity contribution in [3.63, 3.8) is 0 Å². The smallest absolute Gasteiger partial charge is 0.276 e. The quantitative estimate of drug-likeness (QED) is 0.477. The highest BCUT2D eigenvalue weighted by atomic mass is 35.5. The zero-order valence-corrected chi connectivity index (χ0v) is 17.9. The number of halogens is 2. The van der Waals surface area contributed by atoms with Crippen LogP contribution in [0.25, 0.3) is 0 Å². The monoisotopic (exact) mass is 451 g/mol. The van der Waals surface area contributed by atoms with Crippen molar-refractivity contribution in [2.75, 3.05) is 18.4 Å². The summed E-state index contributed by atoms with van der Waals surface area (Å²) in [6.45, 7) is 1.50. The van der Waals surface area contributed by atoms with Gasteiger partial charge in [-0.2, -0.15) is 5.10 Å². The molecule has 0 spiro atoms. The molecule has 2 amide bonds. The van der Waals surface area contributed by atoms with Crippen LogP contribution < -0.4 is 5.32 Å². The highest BCUT2D eigenvalue weighted by Gasteiger charge is 2.44. The number of aryl methyl sites for hydroxylation is 1. The average molecular weight is 452 g/mol. The van der Waals surface area contributed by atoms with Crippen molar-refractivity contribution in [3.05, 3.63) is 76.2 Å². The topological polar surface area (TPSA) is 80.1 Å². The van der Waals surface area contributed by atoms with Gasteiger partial charge in [0.2, 0.25) is 6.41 Å². The van der Waals surface area contributed by atoms with Crippen LogP contribution in [0.2, 0.25) is 5.02 Å².